The van der Waals surface area contributed by atoms with Crippen LogP contribution in [0.2, 0.25) is 0 Å². The molecule has 0 fully saturated rings. The Hall–Kier alpha value is -3.48. The molecule has 2 heterocycles. The third-order valence-electron chi connectivity index (χ3n) is 3.43. The number of rotatable bonds is 3. The van der Waals surface area contributed by atoms with Crippen molar-refractivity contribution in [3.8, 4) is 11.4 Å². The van der Waals surface area contributed by atoms with Gasteiger partial charge in [-0.15, -0.1) is 10.2 Å². The highest BCUT2D eigenvalue weighted by Crippen LogP contribution is 2.32. The minimum Gasteiger partial charge on any atom is -0.422 e. The van der Waals surface area contributed by atoms with Crippen molar-refractivity contribution in [1.29, 1.82) is 0 Å². The van der Waals surface area contributed by atoms with Crippen molar-refractivity contribution in [3.05, 3.63) is 65.0 Å². The van der Waals surface area contributed by atoms with Crippen molar-refractivity contribution in [2.45, 2.75) is 0 Å². The lowest BCUT2D eigenvalue weighted by molar-refractivity contribution is 0.563. The van der Waals surface area contributed by atoms with E-state index in [4.69, 9.17) is 4.42 Å². The topological polar surface area (TPSA) is 96.7 Å². The zero-order chi connectivity index (χ0) is 15.6. The number of hydrogen-bond acceptors (Lipinski definition) is 6. The highest BCUT2D eigenvalue weighted by molar-refractivity contribution is 5.98. The van der Waals surface area contributed by atoms with Crippen LogP contribution in [0.5, 0.6) is 0 Å². The fraction of sp³-hybridized carbons (Fsp3) is 0. The molecule has 0 atom stereocenters. The van der Waals surface area contributed by atoms with Gasteiger partial charge in [-0.1, -0.05) is 30.3 Å². The van der Waals surface area contributed by atoms with Crippen molar-refractivity contribution in [2.75, 3.05) is 5.32 Å². The molecule has 7 heteroatoms. The first-order valence-electron chi connectivity index (χ1n) is 6.94. The van der Waals surface area contributed by atoms with Gasteiger partial charge in [-0.05, 0) is 29.5 Å². The molecule has 0 spiro atoms. The highest BCUT2D eigenvalue weighted by Gasteiger charge is 2.19. The Kier molecular flexibility index (Phi) is 3.09. The maximum atomic E-state index is 12.4. The molecule has 4 aromatic rings. The van der Waals surface area contributed by atoms with Gasteiger partial charge in [-0.25, -0.2) is 4.79 Å². The Morgan fingerprint density at radius 3 is 2.57 bits per heavy atom. The fourth-order valence-electron chi connectivity index (χ4n) is 2.42. The van der Waals surface area contributed by atoms with Crippen LogP contribution in [0.15, 0.2) is 63.8 Å². The van der Waals surface area contributed by atoms with Crippen molar-refractivity contribution in [1.82, 2.24) is 20.6 Å². The molecular weight excluding hydrogens is 294 g/mol. The van der Waals surface area contributed by atoms with Crippen LogP contribution < -0.4 is 10.9 Å². The van der Waals surface area contributed by atoms with E-state index in [0.29, 0.717) is 11.3 Å². The third kappa shape index (κ3) is 2.34. The van der Waals surface area contributed by atoms with E-state index >= 15 is 0 Å². The molecule has 4 rings (SSSR count). The van der Waals surface area contributed by atoms with Crippen LogP contribution in [0.1, 0.15) is 0 Å². The number of hydrogen-bond donors (Lipinski definition) is 2. The number of H-pyrrole nitrogens is 1. The summed E-state index contributed by atoms with van der Waals surface area (Å²) >= 11 is 0. The number of fused-ring (bicyclic) bond motifs is 1. The van der Waals surface area contributed by atoms with Gasteiger partial charge in [0.25, 0.3) is 0 Å². The molecule has 0 unspecified atom stereocenters. The van der Waals surface area contributed by atoms with Crippen LogP contribution in [-0.2, 0) is 0 Å². The standard InChI is InChI=1S/C16H11N5O2/c22-16-13(15-18-20-21-19-15)14(17-10-6-2-1-3-7-10)11-8-4-5-9-12(11)23-16/h1-9,17H,(H,18,19,20,21). The van der Waals surface area contributed by atoms with Gasteiger partial charge in [-0.2, -0.15) is 5.21 Å². The van der Waals surface area contributed by atoms with E-state index in [1.165, 1.54) is 0 Å². The van der Waals surface area contributed by atoms with Gasteiger partial charge in [0.05, 0.1) is 5.69 Å². The fourth-order valence-corrected chi connectivity index (χ4v) is 2.42. The molecule has 7 nitrogen and oxygen atoms in total. The molecule has 0 saturated heterocycles. The van der Waals surface area contributed by atoms with E-state index in [0.717, 1.165) is 11.1 Å². The lowest BCUT2D eigenvalue weighted by atomic mass is 10.1. The lowest BCUT2D eigenvalue weighted by Gasteiger charge is -2.12. The second-order valence-corrected chi connectivity index (χ2v) is 4.86. The summed E-state index contributed by atoms with van der Waals surface area (Å²) in [6.07, 6.45) is 0. The molecule has 2 N–H and O–H groups in total. The molecular formula is C16H11N5O2. The normalized spacial score (nSPS) is 10.8. The maximum absolute atomic E-state index is 12.4. The van der Waals surface area contributed by atoms with Crippen molar-refractivity contribution in [3.63, 3.8) is 0 Å². The molecule has 0 bridgehead atoms. The summed E-state index contributed by atoms with van der Waals surface area (Å²) in [6.45, 7) is 0. The Morgan fingerprint density at radius 2 is 1.78 bits per heavy atom. The number of nitrogens with zero attached hydrogens (tertiary/aromatic N) is 3. The van der Waals surface area contributed by atoms with Crippen LogP contribution >= 0.6 is 0 Å². The van der Waals surface area contributed by atoms with Gasteiger partial charge in [0.2, 0.25) is 5.82 Å². The molecule has 112 valence electrons. The predicted octanol–water partition coefficient (Wildman–Crippen LogP) is 2.72. The molecule has 0 aliphatic carbocycles. The largest absolute Gasteiger partial charge is 0.422 e. The van der Waals surface area contributed by atoms with Gasteiger partial charge in [0, 0.05) is 11.1 Å². The van der Waals surface area contributed by atoms with Gasteiger partial charge in [0.15, 0.2) is 0 Å². The minimum atomic E-state index is -0.525. The number of nitrogens with one attached hydrogen (secondary N) is 2. The minimum absolute atomic E-state index is 0.183. The van der Waals surface area contributed by atoms with Gasteiger partial charge in [-0.3, -0.25) is 0 Å². The average molecular weight is 305 g/mol. The number of tetrazole rings is 1. The number of benzene rings is 2. The number of aromatic nitrogens is 4. The maximum Gasteiger partial charge on any atom is 0.349 e. The van der Waals surface area contributed by atoms with E-state index in [1.54, 1.807) is 6.07 Å². The highest BCUT2D eigenvalue weighted by atomic mass is 16.4. The number of para-hydroxylation sites is 2. The van der Waals surface area contributed by atoms with E-state index in [9.17, 15) is 4.79 Å². The first-order valence-corrected chi connectivity index (χ1v) is 6.94. The van der Waals surface area contributed by atoms with E-state index in [2.05, 4.69) is 25.9 Å². The van der Waals surface area contributed by atoms with Crippen molar-refractivity contribution < 1.29 is 4.42 Å². The summed E-state index contributed by atoms with van der Waals surface area (Å²) in [4.78, 5) is 12.4. The van der Waals surface area contributed by atoms with Crippen molar-refractivity contribution >= 4 is 22.3 Å². The van der Waals surface area contributed by atoms with Crippen LogP contribution in [-0.4, -0.2) is 20.6 Å². The Morgan fingerprint density at radius 1 is 1.00 bits per heavy atom. The molecule has 23 heavy (non-hydrogen) atoms. The Labute approximate surface area is 130 Å². The average Bonchev–Trinajstić information content (AvgIpc) is 3.10. The van der Waals surface area contributed by atoms with Crippen molar-refractivity contribution in [2.24, 2.45) is 0 Å². The van der Waals surface area contributed by atoms with Crippen LogP contribution in [0.4, 0.5) is 11.4 Å². The molecule has 2 aromatic carbocycles. The summed E-state index contributed by atoms with van der Waals surface area (Å²) in [5.41, 5.74) is 1.63. The first-order chi connectivity index (χ1) is 11.3. The predicted molar refractivity (Wildman–Crippen MR) is 85.4 cm³/mol. The smallest absolute Gasteiger partial charge is 0.349 e. The van der Waals surface area contributed by atoms with E-state index < -0.39 is 5.63 Å². The summed E-state index contributed by atoms with van der Waals surface area (Å²) in [5, 5.41) is 17.7. The number of aromatic amines is 1. The zero-order valence-corrected chi connectivity index (χ0v) is 11.9. The SMILES string of the molecule is O=c1oc2ccccc2c(Nc2ccccc2)c1-c1nn[nH]n1. The summed E-state index contributed by atoms with van der Waals surface area (Å²) in [7, 11) is 0. The Bertz CT molecular complexity index is 1010. The van der Waals surface area contributed by atoms with Crippen LogP contribution in [0, 0.1) is 0 Å². The summed E-state index contributed by atoms with van der Waals surface area (Å²) < 4.78 is 5.38. The summed E-state index contributed by atoms with van der Waals surface area (Å²) in [6, 6.07) is 16.8. The van der Waals surface area contributed by atoms with Gasteiger partial charge < -0.3 is 9.73 Å². The number of anilines is 2. The van der Waals surface area contributed by atoms with Gasteiger partial charge in [0.1, 0.15) is 11.1 Å². The molecule has 2 aromatic heterocycles. The summed E-state index contributed by atoms with van der Waals surface area (Å²) in [5.74, 6) is 0.183. The third-order valence-corrected chi connectivity index (χ3v) is 3.43. The monoisotopic (exact) mass is 305 g/mol. The second-order valence-electron chi connectivity index (χ2n) is 4.86. The van der Waals surface area contributed by atoms with Crippen LogP contribution in [0.3, 0.4) is 0 Å². The Balaban J connectivity index is 2.02. The molecule has 0 amide bonds. The second kappa shape index (κ2) is 5.38. The lowest BCUT2D eigenvalue weighted by Crippen LogP contribution is -2.09. The van der Waals surface area contributed by atoms with E-state index in [-0.39, 0.29) is 11.4 Å². The quantitative estimate of drug-likeness (QED) is 0.565. The van der Waals surface area contributed by atoms with Gasteiger partial charge >= 0.3 is 5.63 Å². The molecule has 0 radical (unpaired) electrons. The van der Waals surface area contributed by atoms with E-state index in [1.807, 2.05) is 48.5 Å². The van der Waals surface area contributed by atoms with Crippen LogP contribution in [0.25, 0.3) is 22.4 Å². The zero-order valence-electron chi connectivity index (χ0n) is 11.9. The first kappa shape index (κ1) is 13.2. The molecule has 0 aliphatic rings. The molecule has 0 saturated carbocycles. The molecule has 0 aliphatic heterocycles.